The van der Waals surface area contributed by atoms with Crippen molar-refractivity contribution in [2.45, 2.75) is 13.8 Å². The minimum Gasteiger partial charge on any atom is -0.383 e. The van der Waals surface area contributed by atoms with Crippen LogP contribution < -0.4 is 5.73 Å². The van der Waals surface area contributed by atoms with Crippen LogP contribution in [-0.4, -0.2) is 11.7 Å². The molecule has 0 saturated heterocycles. The molecule has 0 amide bonds. The maximum absolute atomic E-state index is 7.94. The number of benzene rings is 3. The third kappa shape index (κ3) is 6.07. The number of hydrogen-bond donors (Lipinski definition) is 2. The molecule has 0 aliphatic rings. The molecule has 0 saturated carbocycles. The van der Waals surface area contributed by atoms with Gasteiger partial charge in [0.25, 0.3) is 0 Å². The average molecular weight is 329 g/mol. The highest BCUT2D eigenvalue weighted by molar-refractivity contribution is 6.09. The van der Waals surface area contributed by atoms with Crippen molar-refractivity contribution >= 4 is 11.7 Å². The largest absolute Gasteiger partial charge is 0.383 e. The molecule has 0 aliphatic heterocycles. The summed E-state index contributed by atoms with van der Waals surface area (Å²) in [5, 5.41) is 7.94. The first kappa shape index (κ1) is 18.1. The lowest BCUT2D eigenvalue weighted by Crippen LogP contribution is -2.15. The molecule has 25 heavy (non-hydrogen) atoms. The third-order valence-corrected chi connectivity index (χ3v) is 3.53. The second-order valence-corrected chi connectivity index (χ2v) is 5.74. The Labute approximate surface area is 149 Å². The fourth-order valence-electron chi connectivity index (χ4n) is 2.19. The molecule has 0 spiro atoms. The summed E-state index contributed by atoms with van der Waals surface area (Å²) in [4.78, 5) is 4.14. The smallest absolute Gasteiger partial charge is 0.154 e. The second-order valence-electron chi connectivity index (χ2n) is 5.74. The molecule has 3 aromatic carbocycles. The van der Waals surface area contributed by atoms with Crippen molar-refractivity contribution < 1.29 is 0 Å². The number of hydrogen-bond acceptors (Lipinski definition) is 1. The average Bonchev–Trinajstić information content (AvgIpc) is 2.63. The highest BCUT2D eigenvalue weighted by Crippen LogP contribution is 2.06. The van der Waals surface area contributed by atoms with Crippen molar-refractivity contribution in [2.75, 3.05) is 0 Å². The molecule has 126 valence electrons. The normalized spacial score (nSPS) is 10.6. The molecule has 3 nitrogen and oxygen atoms in total. The number of nitrogens with one attached hydrogen (secondary N) is 1. The van der Waals surface area contributed by atoms with Gasteiger partial charge < -0.3 is 5.73 Å². The fraction of sp³-hybridized carbons (Fsp3) is 0.0909. The van der Waals surface area contributed by atoms with Gasteiger partial charge in [-0.15, -0.1) is 0 Å². The Hall–Kier alpha value is -3.20. The predicted molar refractivity (Wildman–Crippen MR) is 106 cm³/mol. The lowest BCUT2D eigenvalue weighted by Gasteiger charge is -2.03. The van der Waals surface area contributed by atoms with Gasteiger partial charge in [-0.2, -0.15) is 0 Å². The summed E-state index contributed by atoms with van der Waals surface area (Å²) < 4.78 is 0. The second kappa shape index (κ2) is 9.18. The van der Waals surface area contributed by atoms with Crippen molar-refractivity contribution in [3.05, 3.63) is 107 Å². The molecule has 3 heteroatoms. The number of aliphatic imine (C=N–C) groups is 1. The first-order valence-corrected chi connectivity index (χ1v) is 8.13. The molecule has 3 N–H and O–H groups in total. The van der Waals surface area contributed by atoms with Crippen LogP contribution in [0.25, 0.3) is 0 Å². The van der Waals surface area contributed by atoms with E-state index < -0.39 is 0 Å². The van der Waals surface area contributed by atoms with E-state index in [9.17, 15) is 0 Å². The molecule has 0 aromatic heterocycles. The molecule has 0 aliphatic carbocycles. The quantitative estimate of drug-likeness (QED) is 0.518. The SMILES string of the molecule is Cc1cccc(C(=N)N=C(N)c2ccccc2)c1.Cc1ccccc1. The molecule has 0 bridgehead atoms. The van der Waals surface area contributed by atoms with Crippen LogP contribution in [0.4, 0.5) is 0 Å². The van der Waals surface area contributed by atoms with Crippen molar-refractivity contribution in [1.82, 2.24) is 0 Å². The molecular formula is C22H23N3. The van der Waals surface area contributed by atoms with Crippen LogP contribution >= 0.6 is 0 Å². The molecule has 0 radical (unpaired) electrons. The van der Waals surface area contributed by atoms with E-state index in [0.29, 0.717) is 5.84 Å². The van der Waals surface area contributed by atoms with Gasteiger partial charge in [-0.3, -0.25) is 5.41 Å². The van der Waals surface area contributed by atoms with E-state index in [1.165, 1.54) is 5.56 Å². The zero-order chi connectivity index (χ0) is 18.1. The number of amidine groups is 2. The molecule has 3 rings (SSSR count). The zero-order valence-electron chi connectivity index (χ0n) is 14.6. The van der Waals surface area contributed by atoms with Crippen LogP contribution in [0.15, 0.2) is 89.9 Å². The van der Waals surface area contributed by atoms with Crippen LogP contribution in [0.2, 0.25) is 0 Å². The maximum atomic E-state index is 7.94. The molecule has 0 fully saturated rings. The van der Waals surface area contributed by atoms with Gasteiger partial charge in [0.15, 0.2) is 5.84 Å². The summed E-state index contributed by atoms with van der Waals surface area (Å²) >= 11 is 0. The molecule has 0 heterocycles. The minimum atomic E-state index is 0.181. The number of nitrogens with zero attached hydrogens (tertiary/aromatic N) is 1. The van der Waals surface area contributed by atoms with E-state index >= 15 is 0 Å². The highest BCUT2D eigenvalue weighted by Gasteiger charge is 2.02. The van der Waals surface area contributed by atoms with Gasteiger partial charge in [0, 0.05) is 11.1 Å². The standard InChI is InChI=1S/C15H15N3.C7H8/c1-11-6-5-9-13(10-11)15(17)18-14(16)12-7-3-2-4-8-12;1-7-5-3-2-4-6-7/h2-10H,1H3,(H3,16,17,18);2-6H,1H3. The van der Waals surface area contributed by atoms with Gasteiger partial charge in [0.05, 0.1) is 0 Å². The van der Waals surface area contributed by atoms with E-state index in [1.807, 2.05) is 79.7 Å². The van der Waals surface area contributed by atoms with Crippen LogP contribution in [0, 0.1) is 19.3 Å². The topological polar surface area (TPSA) is 62.2 Å². The van der Waals surface area contributed by atoms with E-state index in [1.54, 1.807) is 0 Å². The maximum Gasteiger partial charge on any atom is 0.154 e. The first-order chi connectivity index (χ1) is 12.1. The van der Waals surface area contributed by atoms with E-state index in [2.05, 4.69) is 24.0 Å². The Morgan fingerprint density at radius 1 is 0.720 bits per heavy atom. The summed E-state index contributed by atoms with van der Waals surface area (Å²) in [7, 11) is 0. The summed E-state index contributed by atoms with van der Waals surface area (Å²) in [6, 6.07) is 27.4. The lowest BCUT2D eigenvalue weighted by molar-refractivity contribution is 1.37. The van der Waals surface area contributed by atoms with Crippen molar-refractivity contribution in [2.24, 2.45) is 10.7 Å². The number of nitrogens with two attached hydrogens (primary N) is 1. The van der Waals surface area contributed by atoms with Gasteiger partial charge in [-0.1, -0.05) is 90.0 Å². The van der Waals surface area contributed by atoms with Crippen molar-refractivity contribution in [1.29, 1.82) is 5.41 Å². The van der Waals surface area contributed by atoms with Crippen molar-refractivity contribution in [3.63, 3.8) is 0 Å². The predicted octanol–water partition coefficient (Wildman–Crippen LogP) is 4.72. The Kier molecular flexibility index (Phi) is 6.66. The minimum absolute atomic E-state index is 0.181. The number of rotatable bonds is 2. The van der Waals surface area contributed by atoms with Gasteiger partial charge in [0.1, 0.15) is 5.84 Å². The Morgan fingerprint density at radius 2 is 1.24 bits per heavy atom. The van der Waals surface area contributed by atoms with Gasteiger partial charge in [-0.05, 0) is 19.9 Å². The van der Waals surface area contributed by atoms with Crippen LogP contribution in [-0.2, 0) is 0 Å². The van der Waals surface area contributed by atoms with Crippen LogP contribution in [0.5, 0.6) is 0 Å². The first-order valence-electron chi connectivity index (χ1n) is 8.13. The van der Waals surface area contributed by atoms with E-state index in [4.69, 9.17) is 11.1 Å². The lowest BCUT2D eigenvalue weighted by atomic mass is 10.1. The Bertz CT molecular complexity index is 837. The summed E-state index contributed by atoms with van der Waals surface area (Å²) in [6.07, 6.45) is 0. The third-order valence-electron chi connectivity index (χ3n) is 3.53. The summed E-state index contributed by atoms with van der Waals surface area (Å²) in [5.41, 5.74) is 9.91. The molecule has 0 unspecified atom stereocenters. The van der Waals surface area contributed by atoms with Gasteiger partial charge in [-0.25, -0.2) is 4.99 Å². The molecular weight excluding hydrogens is 306 g/mol. The summed E-state index contributed by atoms with van der Waals surface area (Å²) in [6.45, 7) is 4.07. The van der Waals surface area contributed by atoms with Crippen molar-refractivity contribution in [3.8, 4) is 0 Å². The molecule has 0 atom stereocenters. The summed E-state index contributed by atoms with van der Waals surface area (Å²) in [5.74, 6) is 0.544. The fourth-order valence-corrected chi connectivity index (χ4v) is 2.19. The zero-order valence-corrected chi connectivity index (χ0v) is 14.6. The van der Waals surface area contributed by atoms with Gasteiger partial charge in [0.2, 0.25) is 0 Å². The van der Waals surface area contributed by atoms with E-state index in [-0.39, 0.29) is 5.84 Å². The monoisotopic (exact) mass is 329 g/mol. The Morgan fingerprint density at radius 3 is 1.76 bits per heavy atom. The highest BCUT2D eigenvalue weighted by atomic mass is 14.9. The van der Waals surface area contributed by atoms with Crippen LogP contribution in [0.1, 0.15) is 22.3 Å². The molecule has 3 aromatic rings. The van der Waals surface area contributed by atoms with E-state index in [0.717, 1.165) is 16.7 Å². The van der Waals surface area contributed by atoms with Gasteiger partial charge >= 0.3 is 0 Å². The van der Waals surface area contributed by atoms with Crippen LogP contribution in [0.3, 0.4) is 0 Å². The Balaban J connectivity index is 0.000000269. The number of aryl methyl sites for hydroxylation is 2.